The van der Waals surface area contributed by atoms with Crippen LogP contribution in [-0.4, -0.2) is 23.4 Å². The maximum absolute atomic E-state index is 2.29. The van der Waals surface area contributed by atoms with Gasteiger partial charge in [-0.25, -0.2) is 0 Å². The molecule has 0 N–H and O–H groups in total. The molecule has 0 amide bonds. The predicted molar refractivity (Wildman–Crippen MR) is 34.3 cm³/mol. The van der Waals surface area contributed by atoms with Crippen LogP contribution in [0.2, 0.25) is 0 Å². The molecule has 0 aliphatic rings. The van der Waals surface area contributed by atoms with Crippen LogP contribution in [0.1, 0.15) is 0 Å². The molecule has 0 aromatic carbocycles. The van der Waals surface area contributed by atoms with Crippen molar-refractivity contribution in [3.05, 3.63) is 0 Å². The van der Waals surface area contributed by atoms with E-state index in [1.807, 2.05) is 0 Å². The molecular weight excluding hydrogens is 221 g/mol. The quantitative estimate of drug-likeness (QED) is 0.429. The Hall–Kier alpha value is 2.31. The molecule has 0 rings (SSSR count). The average Bonchev–Trinajstić information content (AvgIpc) is 1.00. The normalized spacial score (nSPS) is 1.75. The van der Waals surface area contributed by atoms with E-state index in [0.29, 0.717) is 0 Å². The van der Waals surface area contributed by atoms with Crippen molar-refractivity contribution in [1.29, 1.82) is 0 Å². The Kier molecular flexibility index (Phi) is 75.0. The van der Waals surface area contributed by atoms with Gasteiger partial charge in [-0.3, -0.25) is 0 Å². The Morgan fingerprint density at radius 1 is 1.00 bits per heavy atom. The third-order valence-electron chi connectivity index (χ3n) is 0. The molecule has 4 heteroatoms. The first kappa shape index (κ1) is 16.2. The zero-order chi connectivity index (χ0) is 2.00. The summed E-state index contributed by atoms with van der Waals surface area (Å²) in [5.41, 5.74) is 0. The van der Waals surface area contributed by atoms with E-state index in [2.05, 4.69) is 17.2 Å². The SMILES string of the molecule is Cl.Cl.[Na][I]. The van der Waals surface area contributed by atoms with Crippen LogP contribution in [0, 0.1) is 0 Å². The molecule has 0 unspecified atom stereocenters. The Labute approximate surface area is 64.3 Å². The molecule has 0 spiro atoms. The van der Waals surface area contributed by atoms with Gasteiger partial charge in [-0.1, -0.05) is 0 Å². The second kappa shape index (κ2) is 18.5. The maximum atomic E-state index is 2.29. The molecule has 0 atom stereocenters. The summed E-state index contributed by atoms with van der Waals surface area (Å²) in [7, 11) is 0. The second-order valence-corrected chi connectivity index (χ2v) is 0. The molecule has 0 aromatic heterocycles. The Balaban J connectivity index is -0.00000000500. The molecule has 4 heavy (non-hydrogen) atoms. The van der Waals surface area contributed by atoms with Gasteiger partial charge >= 0.3 is 40.6 Å². The van der Waals surface area contributed by atoms with Crippen LogP contribution < -0.4 is 0 Å². The fraction of sp³-hybridized carbons (Fsp3) is 0. The molecule has 0 nitrogen and oxygen atoms in total. The van der Waals surface area contributed by atoms with Crippen LogP contribution in [0.5, 0.6) is 0 Å². The van der Waals surface area contributed by atoms with Crippen LogP contribution >= 0.6 is 42.0 Å². The number of halogens is 3. The summed E-state index contributed by atoms with van der Waals surface area (Å²) < 4.78 is 0. The van der Waals surface area contributed by atoms with Gasteiger partial charge in [0, 0.05) is 0 Å². The van der Waals surface area contributed by atoms with E-state index in [1.54, 1.807) is 0 Å². The van der Waals surface area contributed by atoms with Gasteiger partial charge in [0.2, 0.25) is 0 Å². The third kappa shape index (κ3) is 8.85. The molecule has 0 saturated carbocycles. The van der Waals surface area contributed by atoms with E-state index in [-0.39, 0.29) is 24.8 Å². The van der Waals surface area contributed by atoms with Gasteiger partial charge in [0.25, 0.3) is 0 Å². The minimum absolute atomic E-state index is 0. The topological polar surface area (TPSA) is 0 Å². The summed E-state index contributed by atoms with van der Waals surface area (Å²) >= 11 is 3.56. The van der Waals surface area contributed by atoms with Crippen molar-refractivity contribution in [2.24, 2.45) is 0 Å². The summed E-state index contributed by atoms with van der Waals surface area (Å²) in [5, 5.41) is 0. The zero-order valence-corrected chi connectivity index (χ0v) is 7.98. The molecule has 0 aliphatic heterocycles. The zero-order valence-electron chi connectivity index (χ0n) is 2.19. The Morgan fingerprint density at radius 2 is 1.00 bits per heavy atom. The first-order valence-corrected chi connectivity index (χ1v) is 7.61. The van der Waals surface area contributed by atoms with Crippen molar-refractivity contribution in [3.8, 4) is 0 Å². The van der Waals surface area contributed by atoms with Gasteiger partial charge < -0.3 is 0 Å². The summed E-state index contributed by atoms with van der Waals surface area (Å²) in [5.74, 6) is 0. The monoisotopic (exact) mass is 222 g/mol. The van der Waals surface area contributed by atoms with Crippen molar-refractivity contribution >= 4 is 65.4 Å². The Morgan fingerprint density at radius 3 is 1.00 bits per heavy atom. The van der Waals surface area contributed by atoms with E-state index in [4.69, 9.17) is 0 Å². The van der Waals surface area contributed by atoms with Gasteiger partial charge in [-0.2, -0.15) is 0 Å². The first-order chi connectivity index (χ1) is 1.00. The standard InChI is InChI=1S/2ClH.HI.Na/h3*1H;/q;;;+1/p-1. The van der Waals surface area contributed by atoms with Gasteiger partial charge in [0.15, 0.2) is 0 Å². The second-order valence-electron chi connectivity index (χ2n) is 0. The van der Waals surface area contributed by atoms with Gasteiger partial charge in [0.1, 0.15) is 0 Å². The first-order valence-electron chi connectivity index (χ1n) is 0.378. The van der Waals surface area contributed by atoms with Crippen LogP contribution in [0.25, 0.3) is 0 Å². The van der Waals surface area contributed by atoms with Crippen molar-refractivity contribution < 1.29 is 0 Å². The van der Waals surface area contributed by atoms with E-state index in [1.165, 1.54) is 23.4 Å². The predicted octanol–water partition coefficient (Wildman–Crippen LogP) is 1.35. The molecule has 0 heterocycles. The van der Waals surface area contributed by atoms with Crippen molar-refractivity contribution in [2.45, 2.75) is 0 Å². The van der Waals surface area contributed by atoms with E-state index in [9.17, 15) is 0 Å². The molecular formula is H2Cl2INa. The summed E-state index contributed by atoms with van der Waals surface area (Å²) in [6.45, 7) is 0. The molecule has 0 fully saturated rings. The van der Waals surface area contributed by atoms with Gasteiger partial charge in [-0.15, -0.1) is 24.8 Å². The summed E-state index contributed by atoms with van der Waals surface area (Å²) in [6.07, 6.45) is 0. The number of hydrogen-bond donors (Lipinski definition) is 0. The number of hydrogen-bond acceptors (Lipinski definition) is 0. The van der Waals surface area contributed by atoms with E-state index >= 15 is 0 Å². The Bertz CT molecular complexity index is 6.00. The average molecular weight is 223 g/mol. The van der Waals surface area contributed by atoms with Crippen LogP contribution in [0.4, 0.5) is 0 Å². The number of rotatable bonds is 0. The molecule has 0 radical (unpaired) electrons. The van der Waals surface area contributed by atoms with Crippen molar-refractivity contribution in [1.82, 2.24) is 0 Å². The molecule has 0 aliphatic carbocycles. The molecule has 24 valence electrons. The summed E-state index contributed by atoms with van der Waals surface area (Å²) in [4.78, 5) is 0. The van der Waals surface area contributed by atoms with Crippen LogP contribution in [0.3, 0.4) is 0 Å². The van der Waals surface area contributed by atoms with E-state index in [0.717, 1.165) is 0 Å². The fourth-order valence-corrected chi connectivity index (χ4v) is 0. The van der Waals surface area contributed by atoms with Gasteiger partial charge in [-0.05, 0) is 0 Å². The van der Waals surface area contributed by atoms with Crippen molar-refractivity contribution in [2.75, 3.05) is 0 Å². The molecule has 0 bridgehead atoms. The minimum atomic E-state index is 0. The van der Waals surface area contributed by atoms with Gasteiger partial charge in [0.05, 0.1) is 0 Å². The third-order valence-corrected chi connectivity index (χ3v) is 0. The van der Waals surface area contributed by atoms with Crippen molar-refractivity contribution in [3.63, 3.8) is 0 Å². The van der Waals surface area contributed by atoms with Crippen LogP contribution in [0.15, 0.2) is 0 Å². The van der Waals surface area contributed by atoms with E-state index < -0.39 is 0 Å². The fourth-order valence-electron chi connectivity index (χ4n) is 0. The molecule has 0 saturated heterocycles. The molecule has 0 aromatic rings. The summed E-state index contributed by atoms with van der Waals surface area (Å²) in [6, 6.07) is 0. The van der Waals surface area contributed by atoms with Crippen LogP contribution in [-0.2, 0) is 0 Å².